The third kappa shape index (κ3) is 3.09. The highest BCUT2D eigenvalue weighted by atomic mass is 16.4. The quantitative estimate of drug-likeness (QED) is 0.830. The lowest BCUT2D eigenvalue weighted by molar-refractivity contribution is -0.137. The summed E-state index contributed by atoms with van der Waals surface area (Å²) in [6, 6.07) is 0. The van der Waals surface area contributed by atoms with Gasteiger partial charge in [-0.05, 0) is 12.8 Å². The van der Waals surface area contributed by atoms with Crippen LogP contribution in [0, 0.1) is 6.92 Å². The number of nitrogens with zero attached hydrogens (tertiary/aromatic N) is 2. The van der Waals surface area contributed by atoms with Gasteiger partial charge in [0.15, 0.2) is 5.69 Å². The van der Waals surface area contributed by atoms with Crippen LogP contribution in [0.3, 0.4) is 0 Å². The molecule has 6 nitrogen and oxygen atoms in total. The molecule has 0 aliphatic rings. The fourth-order valence-corrected chi connectivity index (χ4v) is 1.73. The van der Waals surface area contributed by atoms with E-state index in [-0.39, 0.29) is 24.8 Å². The van der Waals surface area contributed by atoms with E-state index in [0.29, 0.717) is 5.69 Å². The van der Waals surface area contributed by atoms with Crippen molar-refractivity contribution in [1.82, 2.24) is 15.1 Å². The Kier molecular flexibility index (Phi) is 4.47. The summed E-state index contributed by atoms with van der Waals surface area (Å²) < 4.78 is 0. The second kappa shape index (κ2) is 5.66. The van der Waals surface area contributed by atoms with Crippen LogP contribution in [-0.2, 0) is 4.79 Å². The Morgan fingerprint density at radius 3 is 2.50 bits per heavy atom. The van der Waals surface area contributed by atoms with Crippen LogP contribution in [0.2, 0.25) is 0 Å². The minimum Gasteiger partial charge on any atom is -0.481 e. The zero-order valence-corrected chi connectivity index (χ0v) is 11.1. The van der Waals surface area contributed by atoms with Gasteiger partial charge in [0.25, 0.3) is 5.91 Å². The molecule has 0 unspecified atom stereocenters. The van der Waals surface area contributed by atoms with Gasteiger partial charge in [0.2, 0.25) is 0 Å². The molecule has 6 heteroatoms. The van der Waals surface area contributed by atoms with Crippen molar-refractivity contribution in [3.05, 3.63) is 17.0 Å². The normalized spacial score (nSPS) is 10.7. The van der Waals surface area contributed by atoms with E-state index in [1.807, 2.05) is 20.8 Å². The van der Waals surface area contributed by atoms with E-state index in [4.69, 9.17) is 5.11 Å². The lowest BCUT2D eigenvalue weighted by Crippen LogP contribution is -2.29. The first-order valence-corrected chi connectivity index (χ1v) is 5.86. The topological polar surface area (TPSA) is 86.3 Å². The number of aromatic nitrogens is 2. The van der Waals surface area contributed by atoms with Gasteiger partial charge in [-0.2, -0.15) is 5.10 Å². The largest absolute Gasteiger partial charge is 0.481 e. The van der Waals surface area contributed by atoms with E-state index in [1.54, 1.807) is 7.05 Å². The zero-order valence-electron chi connectivity index (χ0n) is 11.1. The van der Waals surface area contributed by atoms with Crippen LogP contribution in [-0.4, -0.2) is 45.7 Å². The van der Waals surface area contributed by atoms with Crippen molar-refractivity contribution in [1.29, 1.82) is 0 Å². The number of hydrogen-bond donors (Lipinski definition) is 2. The molecule has 0 saturated heterocycles. The lowest BCUT2D eigenvalue weighted by Gasteiger charge is -2.15. The number of carboxylic acids is 1. The molecule has 0 radical (unpaired) electrons. The van der Waals surface area contributed by atoms with Crippen molar-refractivity contribution in [3.63, 3.8) is 0 Å². The fourth-order valence-electron chi connectivity index (χ4n) is 1.73. The molecule has 0 fully saturated rings. The lowest BCUT2D eigenvalue weighted by atomic mass is 10.0. The number of carbonyl (C=O) groups excluding carboxylic acids is 1. The number of rotatable bonds is 5. The Bertz CT molecular complexity index is 451. The predicted molar refractivity (Wildman–Crippen MR) is 66.6 cm³/mol. The Hall–Kier alpha value is -1.85. The van der Waals surface area contributed by atoms with Crippen molar-refractivity contribution < 1.29 is 14.7 Å². The molecule has 0 saturated carbocycles. The minimum absolute atomic E-state index is 0.0667. The van der Waals surface area contributed by atoms with E-state index >= 15 is 0 Å². The molecule has 1 aromatic heterocycles. The van der Waals surface area contributed by atoms with Crippen molar-refractivity contribution in [2.75, 3.05) is 13.6 Å². The minimum atomic E-state index is -0.920. The Labute approximate surface area is 106 Å². The van der Waals surface area contributed by atoms with Crippen LogP contribution >= 0.6 is 0 Å². The van der Waals surface area contributed by atoms with E-state index in [1.165, 1.54) is 4.90 Å². The van der Waals surface area contributed by atoms with E-state index < -0.39 is 5.97 Å². The number of nitrogens with one attached hydrogen (secondary N) is 1. The Balaban J connectivity index is 2.81. The van der Waals surface area contributed by atoms with E-state index in [2.05, 4.69) is 10.2 Å². The average molecular weight is 253 g/mol. The van der Waals surface area contributed by atoms with Gasteiger partial charge in [-0.25, -0.2) is 0 Å². The molecule has 1 amide bonds. The van der Waals surface area contributed by atoms with Crippen molar-refractivity contribution in [3.8, 4) is 0 Å². The van der Waals surface area contributed by atoms with Crippen LogP contribution in [0.1, 0.15) is 47.9 Å². The third-order valence-electron chi connectivity index (χ3n) is 2.84. The summed E-state index contributed by atoms with van der Waals surface area (Å²) in [6.07, 6.45) is -0.0667. The second-order valence-corrected chi connectivity index (χ2v) is 4.64. The highest BCUT2D eigenvalue weighted by Gasteiger charge is 2.21. The average Bonchev–Trinajstić information content (AvgIpc) is 2.66. The maximum absolute atomic E-state index is 12.1. The molecule has 0 aliphatic carbocycles. The van der Waals surface area contributed by atoms with Gasteiger partial charge in [0, 0.05) is 24.8 Å². The molecule has 0 atom stereocenters. The van der Waals surface area contributed by atoms with Gasteiger partial charge in [-0.15, -0.1) is 0 Å². The van der Waals surface area contributed by atoms with Crippen LogP contribution in [0.15, 0.2) is 0 Å². The van der Waals surface area contributed by atoms with Gasteiger partial charge in [-0.3, -0.25) is 14.7 Å². The third-order valence-corrected chi connectivity index (χ3v) is 2.84. The maximum atomic E-state index is 12.1. The van der Waals surface area contributed by atoms with Crippen LogP contribution in [0.5, 0.6) is 0 Å². The SMILES string of the molecule is Cc1c(C(=O)N(C)CCC(=O)O)n[nH]c1C(C)C. The van der Waals surface area contributed by atoms with Gasteiger partial charge >= 0.3 is 5.97 Å². The summed E-state index contributed by atoms with van der Waals surface area (Å²) in [6.45, 7) is 6.06. The first-order chi connectivity index (χ1) is 8.34. The summed E-state index contributed by atoms with van der Waals surface area (Å²) in [5.41, 5.74) is 2.13. The van der Waals surface area contributed by atoms with Crippen molar-refractivity contribution in [2.45, 2.75) is 33.1 Å². The number of carbonyl (C=O) groups is 2. The second-order valence-electron chi connectivity index (χ2n) is 4.64. The van der Waals surface area contributed by atoms with E-state index in [9.17, 15) is 9.59 Å². The highest BCUT2D eigenvalue weighted by molar-refractivity contribution is 5.93. The Morgan fingerprint density at radius 1 is 1.44 bits per heavy atom. The predicted octanol–water partition coefficient (Wildman–Crippen LogP) is 1.39. The van der Waals surface area contributed by atoms with Crippen LogP contribution < -0.4 is 0 Å². The summed E-state index contributed by atoms with van der Waals surface area (Å²) in [5, 5.41) is 15.5. The van der Waals surface area contributed by atoms with Gasteiger partial charge in [0.05, 0.1) is 6.42 Å². The molecule has 0 aliphatic heterocycles. The summed E-state index contributed by atoms with van der Waals surface area (Å²) in [4.78, 5) is 23.9. The number of aliphatic carboxylic acids is 1. The molecule has 1 heterocycles. The molecule has 18 heavy (non-hydrogen) atoms. The number of aromatic amines is 1. The zero-order chi connectivity index (χ0) is 13.9. The van der Waals surface area contributed by atoms with Gasteiger partial charge in [0.1, 0.15) is 0 Å². The molecule has 1 rings (SSSR count). The standard InChI is InChI=1S/C12H19N3O3/c1-7(2)10-8(3)11(14-13-10)12(18)15(4)6-5-9(16)17/h7H,5-6H2,1-4H3,(H,13,14)(H,16,17). The van der Waals surface area contributed by atoms with Gasteiger partial charge < -0.3 is 10.0 Å². The summed E-state index contributed by atoms with van der Waals surface area (Å²) >= 11 is 0. The molecule has 0 aromatic carbocycles. The molecule has 2 N–H and O–H groups in total. The number of amides is 1. The molecule has 1 aromatic rings. The van der Waals surface area contributed by atoms with Crippen LogP contribution in [0.25, 0.3) is 0 Å². The Morgan fingerprint density at radius 2 is 2.06 bits per heavy atom. The summed E-state index contributed by atoms with van der Waals surface area (Å²) in [7, 11) is 1.58. The van der Waals surface area contributed by atoms with E-state index in [0.717, 1.165) is 11.3 Å². The molecule has 0 bridgehead atoms. The smallest absolute Gasteiger partial charge is 0.305 e. The van der Waals surface area contributed by atoms with Crippen LogP contribution in [0.4, 0.5) is 0 Å². The highest BCUT2D eigenvalue weighted by Crippen LogP contribution is 2.19. The maximum Gasteiger partial charge on any atom is 0.305 e. The van der Waals surface area contributed by atoms with Crippen molar-refractivity contribution in [2.24, 2.45) is 0 Å². The number of H-pyrrole nitrogens is 1. The first kappa shape index (κ1) is 14.2. The van der Waals surface area contributed by atoms with Crippen molar-refractivity contribution >= 4 is 11.9 Å². The first-order valence-electron chi connectivity index (χ1n) is 5.86. The fraction of sp³-hybridized carbons (Fsp3) is 0.583. The van der Waals surface area contributed by atoms with Gasteiger partial charge in [-0.1, -0.05) is 13.8 Å². The monoisotopic (exact) mass is 253 g/mol. The molecular formula is C12H19N3O3. The molecular weight excluding hydrogens is 234 g/mol. The summed E-state index contributed by atoms with van der Waals surface area (Å²) in [5.74, 6) is -0.906. The number of hydrogen-bond acceptors (Lipinski definition) is 3. The number of carboxylic acid groups (broad SMARTS) is 1. The molecule has 100 valence electrons. The molecule has 0 spiro atoms.